The van der Waals surface area contributed by atoms with E-state index < -0.39 is 0 Å². The summed E-state index contributed by atoms with van der Waals surface area (Å²) in [6.45, 7) is 2.01. The van der Waals surface area contributed by atoms with Crippen molar-refractivity contribution in [2.45, 2.75) is 31.8 Å². The van der Waals surface area contributed by atoms with Gasteiger partial charge in [-0.1, -0.05) is 18.6 Å². The van der Waals surface area contributed by atoms with Gasteiger partial charge in [-0.2, -0.15) is 0 Å². The van der Waals surface area contributed by atoms with Crippen LogP contribution in [0.5, 0.6) is 11.6 Å². The Hall–Kier alpha value is -2.73. The normalized spacial score (nSPS) is 18.2. The van der Waals surface area contributed by atoms with Crippen molar-refractivity contribution >= 4 is 0 Å². The van der Waals surface area contributed by atoms with Crippen LogP contribution in [0.15, 0.2) is 55.2 Å². The Morgan fingerprint density at radius 3 is 2.76 bits per heavy atom. The van der Waals surface area contributed by atoms with Gasteiger partial charge in [-0.05, 0) is 37.1 Å². The maximum Gasteiger partial charge on any atom is 0.237 e. The second-order valence-electron chi connectivity index (χ2n) is 6.25. The third-order valence-corrected chi connectivity index (χ3v) is 4.52. The number of nitrogens with zero attached hydrogens (tertiary/aromatic N) is 4. The highest BCUT2D eigenvalue weighted by atomic mass is 16.5. The average Bonchev–Trinajstić information content (AvgIpc) is 3.19. The summed E-state index contributed by atoms with van der Waals surface area (Å²) in [6.07, 6.45) is 12.2. The third-order valence-electron chi connectivity index (χ3n) is 4.52. The van der Waals surface area contributed by atoms with E-state index >= 15 is 0 Å². The zero-order valence-electron chi connectivity index (χ0n) is 14.0. The number of benzene rings is 1. The summed E-state index contributed by atoms with van der Waals surface area (Å²) in [6, 6.07) is 8.56. The molecule has 4 rings (SSSR count). The van der Waals surface area contributed by atoms with Crippen LogP contribution in [0, 0.1) is 0 Å². The molecule has 0 unspecified atom stereocenters. The van der Waals surface area contributed by atoms with E-state index in [1.54, 1.807) is 18.6 Å². The van der Waals surface area contributed by atoms with E-state index in [0.29, 0.717) is 11.9 Å². The lowest BCUT2D eigenvalue weighted by Gasteiger charge is -2.34. The molecule has 0 spiro atoms. The lowest BCUT2D eigenvalue weighted by Crippen LogP contribution is -2.33. The number of likely N-dealkylation sites (tertiary alicyclic amines) is 1. The zero-order chi connectivity index (χ0) is 16.9. The molecule has 2 aromatic heterocycles. The summed E-state index contributed by atoms with van der Waals surface area (Å²) in [7, 11) is 0. The Morgan fingerprint density at radius 1 is 1.08 bits per heavy atom. The van der Waals surface area contributed by atoms with Crippen LogP contribution in [0.25, 0.3) is 0 Å². The van der Waals surface area contributed by atoms with Crippen LogP contribution in [0.4, 0.5) is 0 Å². The topological polar surface area (TPSA) is 66.9 Å². The Bertz CT molecular complexity index is 773. The molecule has 25 heavy (non-hydrogen) atoms. The van der Waals surface area contributed by atoms with Crippen LogP contribution in [0.3, 0.4) is 0 Å². The van der Waals surface area contributed by atoms with Crippen molar-refractivity contribution in [1.29, 1.82) is 0 Å². The fraction of sp³-hybridized carbons (Fsp3) is 0.316. The molecule has 1 aliphatic rings. The van der Waals surface area contributed by atoms with Crippen molar-refractivity contribution in [3.8, 4) is 11.6 Å². The molecule has 0 amide bonds. The first-order valence-corrected chi connectivity index (χ1v) is 8.64. The molecule has 1 saturated heterocycles. The highest BCUT2D eigenvalue weighted by molar-refractivity contribution is 5.30. The van der Waals surface area contributed by atoms with Crippen LogP contribution >= 0.6 is 0 Å². The SMILES string of the molecule is c1cnc(Oc2ccc(CN3CCCC[C@@H]3c3ncc[nH]3)cc2)cn1. The summed E-state index contributed by atoms with van der Waals surface area (Å²) >= 11 is 0. The number of rotatable bonds is 5. The van der Waals surface area contributed by atoms with Gasteiger partial charge in [0.15, 0.2) is 0 Å². The highest BCUT2D eigenvalue weighted by Crippen LogP contribution is 2.30. The number of aromatic nitrogens is 4. The molecule has 1 fully saturated rings. The Morgan fingerprint density at radius 2 is 2.00 bits per heavy atom. The summed E-state index contributed by atoms with van der Waals surface area (Å²) in [5.41, 5.74) is 1.27. The minimum absolute atomic E-state index is 0.374. The molecule has 3 aromatic rings. The van der Waals surface area contributed by atoms with E-state index in [4.69, 9.17) is 4.74 Å². The van der Waals surface area contributed by atoms with Crippen LogP contribution in [0.1, 0.15) is 36.7 Å². The van der Waals surface area contributed by atoms with E-state index in [9.17, 15) is 0 Å². The third kappa shape index (κ3) is 3.85. The highest BCUT2D eigenvalue weighted by Gasteiger charge is 2.25. The molecule has 128 valence electrons. The van der Waals surface area contributed by atoms with Crippen molar-refractivity contribution in [2.75, 3.05) is 6.54 Å². The number of aromatic amines is 1. The maximum atomic E-state index is 5.70. The molecule has 6 heteroatoms. The van der Waals surface area contributed by atoms with Gasteiger partial charge in [0, 0.05) is 31.3 Å². The number of imidazole rings is 1. The van der Waals surface area contributed by atoms with Gasteiger partial charge >= 0.3 is 0 Å². The summed E-state index contributed by atoms with van der Waals surface area (Å²) in [4.78, 5) is 18.4. The number of hydrogen-bond donors (Lipinski definition) is 1. The van der Waals surface area contributed by atoms with Crippen molar-refractivity contribution in [2.24, 2.45) is 0 Å². The van der Waals surface area contributed by atoms with E-state index in [1.165, 1.54) is 18.4 Å². The minimum Gasteiger partial charge on any atom is -0.438 e. The smallest absolute Gasteiger partial charge is 0.237 e. The van der Waals surface area contributed by atoms with E-state index in [1.807, 2.05) is 24.5 Å². The van der Waals surface area contributed by atoms with E-state index in [0.717, 1.165) is 31.1 Å². The Balaban J connectivity index is 1.43. The van der Waals surface area contributed by atoms with Gasteiger partial charge in [0.1, 0.15) is 11.6 Å². The number of hydrogen-bond acceptors (Lipinski definition) is 5. The molecule has 1 aliphatic heterocycles. The fourth-order valence-corrected chi connectivity index (χ4v) is 3.31. The predicted molar refractivity (Wildman–Crippen MR) is 94.1 cm³/mol. The Kier molecular flexibility index (Phi) is 4.70. The Labute approximate surface area is 146 Å². The monoisotopic (exact) mass is 335 g/mol. The fourth-order valence-electron chi connectivity index (χ4n) is 3.31. The van der Waals surface area contributed by atoms with Crippen LogP contribution in [-0.4, -0.2) is 31.4 Å². The standard InChI is InChI=1S/C19H21N5O/c1-2-12-24(17(3-1)19-22-10-11-23-19)14-15-4-6-16(7-5-15)25-18-13-20-8-9-21-18/h4-11,13,17H,1-3,12,14H2,(H,22,23)/t17-/m1/s1. The van der Waals surface area contributed by atoms with Gasteiger partial charge in [-0.25, -0.2) is 9.97 Å². The maximum absolute atomic E-state index is 5.70. The average molecular weight is 335 g/mol. The second-order valence-corrected chi connectivity index (χ2v) is 6.25. The van der Waals surface area contributed by atoms with Crippen LogP contribution in [-0.2, 0) is 6.54 Å². The molecule has 3 heterocycles. The molecule has 1 aromatic carbocycles. The van der Waals surface area contributed by atoms with Gasteiger partial charge in [-0.15, -0.1) is 0 Å². The lowest BCUT2D eigenvalue weighted by atomic mass is 10.0. The molecule has 6 nitrogen and oxygen atoms in total. The number of H-pyrrole nitrogens is 1. The second kappa shape index (κ2) is 7.44. The van der Waals surface area contributed by atoms with Gasteiger partial charge in [0.05, 0.1) is 12.2 Å². The molecule has 0 bridgehead atoms. The van der Waals surface area contributed by atoms with Gasteiger partial charge in [0.25, 0.3) is 0 Å². The van der Waals surface area contributed by atoms with Crippen molar-refractivity contribution in [3.05, 3.63) is 66.6 Å². The zero-order valence-corrected chi connectivity index (χ0v) is 14.0. The molecular formula is C19H21N5O. The summed E-state index contributed by atoms with van der Waals surface area (Å²) in [5, 5.41) is 0. The quantitative estimate of drug-likeness (QED) is 0.770. The first kappa shape index (κ1) is 15.8. The van der Waals surface area contributed by atoms with Crippen LogP contribution in [0.2, 0.25) is 0 Å². The van der Waals surface area contributed by atoms with Gasteiger partial charge in [0.2, 0.25) is 5.88 Å². The summed E-state index contributed by atoms with van der Waals surface area (Å²) in [5.74, 6) is 2.34. The largest absolute Gasteiger partial charge is 0.438 e. The molecule has 1 atom stereocenters. The predicted octanol–water partition coefficient (Wildman–Crippen LogP) is 3.72. The van der Waals surface area contributed by atoms with Crippen LogP contribution < -0.4 is 4.74 Å². The first-order chi connectivity index (χ1) is 12.4. The van der Waals surface area contributed by atoms with E-state index in [-0.39, 0.29) is 0 Å². The molecule has 1 N–H and O–H groups in total. The number of nitrogens with one attached hydrogen (secondary N) is 1. The molecule has 0 aliphatic carbocycles. The number of ether oxygens (including phenoxy) is 1. The minimum atomic E-state index is 0.374. The van der Waals surface area contributed by atoms with Gasteiger partial charge < -0.3 is 9.72 Å². The van der Waals surface area contributed by atoms with Gasteiger partial charge in [-0.3, -0.25) is 9.88 Å². The van der Waals surface area contributed by atoms with Crippen molar-refractivity contribution in [1.82, 2.24) is 24.8 Å². The van der Waals surface area contributed by atoms with Crippen molar-refractivity contribution in [3.63, 3.8) is 0 Å². The van der Waals surface area contributed by atoms with E-state index in [2.05, 4.69) is 37.0 Å². The molecular weight excluding hydrogens is 314 g/mol. The lowest BCUT2D eigenvalue weighted by molar-refractivity contribution is 0.134. The molecule has 0 radical (unpaired) electrons. The summed E-state index contributed by atoms with van der Waals surface area (Å²) < 4.78 is 5.70. The number of piperidine rings is 1. The van der Waals surface area contributed by atoms with Crippen molar-refractivity contribution < 1.29 is 4.74 Å². The molecule has 0 saturated carbocycles. The first-order valence-electron chi connectivity index (χ1n) is 8.64.